The van der Waals surface area contributed by atoms with E-state index < -0.39 is 0 Å². The first kappa shape index (κ1) is 19.8. The predicted molar refractivity (Wildman–Crippen MR) is 106 cm³/mol. The van der Waals surface area contributed by atoms with E-state index >= 15 is 0 Å². The lowest BCUT2D eigenvalue weighted by atomic mass is 10.2. The second-order valence-corrected chi connectivity index (χ2v) is 6.79. The molecule has 0 saturated carbocycles. The van der Waals surface area contributed by atoms with E-state index in [1.165, 1.54) is 0 Å². The van der Waals surface area contributed by atoms with Crippen LogP contribution < -0.4 is 0 Å². The Balaban J connectivity index is 1.51. The zero-order valence-electron chi connectivity index (χ0n) is 16.2. The van der Waals surface area contributed by atoms with Crippen LogP contribution in [0.1, 0.15) is 25.3 Å². The third-order valence-corrected chi connectivity index (χ3v) is 4.35. The summed E-state index contributed by atoms with van der Waals surface area (Å²) in [6.07, 6.45) is 0.502. The second-order valence-electron chi connectivity index (χ2n) is 6.79. The van der Waals surface area contributed by atoms with Crippen LogP contribution in [0.25, 0.3) is 11.4 Å². The molecule has 146 valence electrons. The van der Waals surface area contributed by atoms with Crippen molar-refractivity contribution in [2.45, 2.75) is 32.9 Å². The molecule has 6 heteroatoms. The molecule has 0 aliphatic carbocycles. The van der Waals surface area contributed by atoms with Crippen LogP contribution in [-0.4, -0.2) is 40.1 Å². The number of hydrogen-bond acceptors (Lipinski definition) is 5. The number of nitrogens with zero attached hydrogens (tertiary/aromatic N) is 3. The Labute approximate surface area is 165 Å². The average molecular weight is 379 g/mol. The zero-order valence-corrected chi connectivity index (χ0v) is 16.2. The molecule has 0 fully saturated rings. The fourth-order valence-corrected chi connectivity index (χ4v) is 2.86. The van der Waals surface area contributed by atoms with Crippen LogP contribution in [0.5, 0.6) is 0 Å². The van der Waals surface area contributed by atoms with E-state index in [4.69, 9.17) is 9.26 Å². The summed E-state index contributed by atoms with van der Waals surface area (Å²) in [4.78, 5) is 18.8. The van der Waals surface area contributed by atoms with Gasteiger partial charge >= 0.3 is 0 Å². The maximum absolute atomic E-state index is 12.6. The van der Waals surface area contributed by atoms with Gasteiger partial charge in [-0.25, -0.2) is 0 Å². The maximum Gasteiger partial charge on any atom is 0.248 e. The monoisotopic (exact) mass is 379 g/mol. The van der Waals surface area contributed by atoms with Gasteiger partial charge in [0, 0.05) is 24.6 Å². The molecular weight excluding hydrogens is 354 g/mol. The largest absolute Gasteiger partial charge is 0.367 e. The normalized spacial score (nSPS) is 11.0. The summed E-state index contributed by atoms with van der Waals surface area (Å²) in [6.45, 7) is 4.94. The summed E-state index contributed by atoms with van der Waals surface area (Å²) in [5.74, 6) is 1.03. The molecule has 0 spiro atoms. The minimum Gasteiger partial charge on any atom is -0.367 e. The SMILES string of the molecule is CC(C)N(CCc1nc(-c2ccccc2)no1)C(=O)COCc1ccccc1. The quantitative estimate of drug-likeness (QED) is 0.567. The fourth-order valence-electron chi connectivity index (χ4n) is 2.86. The Bertz CT molecular complexity index is 863. The van der Waals surface area contributed by atoms with E-state index in [1.54, 1.807) is 4.90 Å². The van der Waals surface area contributed by atoms with Crippen molar-refractivity contribution in [2.75, 3.05) is 13.2 Å². The van der Waals surface area contributed by atoms with Gasteiger partial charge in [-0.05, 0) is 19.4 Å². The van der Waals surface area contributed by atoms with E-state index in [-0.39, 0.29) is 18.6 Å². The Morgan fingerprint density at radius 1 is 1.07 bits per heavy atom. The molecule has 1 aromatic heterocycles. The summed E-state index contributed by atoms with van der Waals surface area (Å²) in [7, 11) is 0. The average Bonchev–Trinajstić information content (AvgIpc) is 3.18. The van der Waals surface area contributed by atoms with Crippen molar-refractivity contribution in [3.8, 4) is 11.4 Å². The lowest BCUT2D eigenvalue weighted by molar-refractivity contribution is -0.138. The van der Waals surface area contributed by atoms with E-state index in [2.05, 4.69) is 10.1 Å². The lowest BCUT2D eigenvalue weighted by Gasteiger charge is -2.26. The Morgan fingerprint density at radius 3 is 2.43 bits per heavy atom. The van der Waals surface area contributed by atoms with Crippen LogP contribution in [0.15, 0.2) is 65.2 Å². The van der Waals surface area contributed by atoms with Crippen molar-refractivity contribution in [1.82, 2.24) is 15.0 Å². The van der Waals surface area contributed by atoms with Gasteiger partial charge in [-0.2, -0.15) is 4.98 Å². The van der Waals surface area contributed by atoms with Crippen LogP contribution in [0, 0.1) is 0 Å². The van der Waals surface area contributed by atoms with Crippen LogP contribution in [-0.2, 0) is 22.6 Å². The molecule has 1 heterocycles. The van der Waals surface area contributed by atoms with Crippen molar-refractivity contribution >= 4 is 5.91 Å². The number of benzene rings is 2. The Kier molecular flexibility index (Phi) is 6.92. The molecule has 0 radical (unpaired) electrons. The number of aromatic nitrogens is 2. The minimum absolute atomic E-state index is 0.0475. The van der Waals surface area contributed by atoms with Gasteiger partial charge in [-0.3, -0.25) is 4.79 Å². The highest BCUT2D eigenvalue weighted by Gasteiger charge is 2.18. The van der Waals surface area contributed by atoms with Gasteiger partial charge in [0.05, 0.1) is 6.61 Å². The highest BCUT2D eigenvalue weighted by atomic mass is 16.5. The number of amides is 1. The molecule has 3 aromatic rings. The van der Waals surface area contributed by atoms with Gasteiger partial charge in [0.2, 0.25) is 17.6 Å². The van der Waals surface area contributed by atoms with E-state index in [1.807, 2.05) is 74.5 Å². The van der Waals surface area contributed by atoms with Crippen LogP contribution >= 0.6 is 0 Å². The first-order valence-corrected chi connectivity index (χ1v) is 9.42. The summed E-state index contributed by atoms with van der Waals surface area (Å²) < 4.78 is 10.9. The van der Waals surface area contributed by atoms with Crippen molar-refractivity contribution in [2.24, 2.45) is 0 Å². The van der Waals surface area contributed by atoms with Crippen LogP contribution in [0.3, 0.4) is 0 Å². The number of ether oxygens (including phenoxy) is 1. The molecule has 2 aromatic carbocycles. The van der Waals surface area contributed by atoms with E-state index in [9.17, 15) is 4.79 Å². The smallest absolute Gasteiger partial charge is 0.248 e. The number of carbonyl (C=O) groups is 1. The van der Waals surface area contributed by atoms with Crippen molar-refractivity contribution in [1.29, 1.82) is 0 Å². The molecule has 0 atom stereocenters. The first-order chi connectivity index (χ1) is 13.6. The number of rotatable bonds is 9. The molecule has 0 saturated heterocycles. The van der Waals surface area contributed by atoms with Gasteiger partial charge in [0.25, 0.3) is 0 Å². The third kappa shape index (κ3) is 5.50. The minimum atomic E-state index is -0.0475. The van der Waals surface area contributed by atoms with Gasteiger partial charge in [0.15, 0.2) is 0 Å². The van der Waals surface area contributed by atoms with Crippen molar-refractivity contribution < 1.29 is 14.1 Å². The van der Waals surface area contributed by atoms with Crippen molar-refractivity contribution in [3.05, 3.63) is 72.1 Å². The second kappa shape index (κ2) is 9.80. The first-order valence-electron chi connectivity index (χ1n) is 9.42. The Morgan fingerprint density at radius 2 is 1.75 bits per heavy atom. The highest BCUT2D eigenvalue weighted by molar-refractivity contribution is 5.77. The van der Waals surface area contributed by atoms with Crippen LogP contribution in [0.2, 0.25) is 0 Å². The fraction of sp³-hybridized carbons (Fsp3) is 0.318. The van der Waals surface area contributed by atoms with Gasteiger partial charge in [-0.1, -0.05) is 65.8 Å². The number of carbonyl (C=O) groups excluding carboxylic acids is 1. The molecule has 3 rings (SSSR count). The molecule has 0 aliphatic heterocycles. The number of hydrogen-bond donors (Lipinski definition) is 0. The summed E-state index contributed by atoms with van der Waals surface area (Å²) in [6, 6.07) is 19.5. The lowest BCUT2D eigenvalue weighted by Crippen LogP contribution is -2.40. The summed E-state index contributed by atoms with van der Waals surface area (Å²) in [5.41, 5.74) is 1.95. The van der Waals surface area contributed by atoms with Gasteiger partial charge in [-0.15, -0.1) is 0 Å². The molecule has 0 aliphatic rings. The Hall–Kier alpha value is -2.99. The topological polar surface area (TPSA) is 68.5 Å². The molecular formula is C22H25N3O3. The van der Waals surface area contributed by atoms with Gasteiger partial charge in [0.1, 0.15) is 6.61 Å². The summed E-state index contributed by atoms with van der Waals surface area (Å²) >= 11 is 0. The molecule has 0 unspecified atom stereocenters. The standard InChI is InChI=1S/C22H25N3O3/c1-17(2)25(21(26)16-27-15-18-9-5-3-6-10-18)14-13-20-23-22(24-28-20)19-11-7-4-8-12-19/h3-12,17H,13-16H2,1-2H3. The van der Waals surface area contributed by atoms with E-state index in [0.29, 0.717) is 31.3 Å². The van der Waals surface area contributed by atoms with Crippen molar-refractivity contribution in [3.63, 3.8) is 0 Å². The molecule has 0 N–H and O–H groups in total. The third-order valence-electron chi connectivity index (χ3n) is 4.35. The molecule has 28 heavy (non-hydrogen) atoms. The predicted octanol–water partition coefficient (Wildman–Crippen LogP) is 3.73. The van der Waals surface area contributed by atoms with E-state index in [0.717, 1.165) is 11.1 Å². The molecule has 0 bridgehead atoms. The van der Waals surface area contributed by atoms with Crippen LogP contribution in [0.4, 0.5) is 0 Å². The highest BCUT2D eigenvalue weighted by Crippen LogP contribution is 2.15. The molecule has 6 nitrogen and oxygen atoms in total. The summed E-state index contributed by atoms with van der Waals surface area (Å²) in [5, 5.41) is 4.02. The zero-order chi connectivity index (χ0) is 19.8. The molecule has 1 amide bonds. The van der Waals surface area contributed by atoms with Gasteiger partial charge < -0.3 is 14.2 Å². The maximum atomic E-state index is 12.6.